The number of aromatic amines is 1. The zero-order chi connectivity index (χ0) is 16.1. The molecule has 0 saturated heterocycles. The second-order valence-electron chi connectivity index (χ2n) is 5.06. The minimum atomic E-state index is -0.343. The van der Waals surface area contributed by atoms with E-state index >= 15 is 0 Å². The Kier molecular flexibility index (Phi) is 5.33. The highest BCUT2D eigenvalue weighted by atomic mass is 16.6. The molecule has 0 saturated carbocycles. The number of fused-ring (bicyclic) bond motifs is 1. The number of hydrogen-bond donors (Lipinski definition) is 1. The molecular formula is C17H23N3O2. The topological polar surface area (TPSA) is 62.2 Å². The maximum atomic E-state index is 10.9. The van der Waals surface area contributed by atoms with E-state index in [0.717, 1.165) is 42.5 Å². The molecule has 118 valence electrons. The molecule has 0 aliphatic carbocycles. The molecule has 0 spiro atoms. The van der Waals surface area contributed by atoms with Crippen LogP contribution in [0, 0.1) is 10.1 Å². The van der Waals surface area contributed by atoms with Crippen LogP contribution in [-0.4, -0.2) is 34.4 Å². The summed E-state index contributed by atoms with van der Waals surface area (Å²) in [6.07, 6.45) is 5.18. The smallest absolute Gasteiger partial charge is 0.270 e. The maximum absolute atomic E-state index is 10.9. The summed E-state index contributed by atoms with van der Waals surface area (Å²) in [5, 5.41) is 11.9. The molecule has 0 radical (unpaired) electrons. The number of likely N-dealkylation sites (N-methyl/N-ethyl adjacent to an activating group) is 1. The Bertz CT molecular complexity index is 688. The third-order valence-corrected chi connectivity index (χ3v) is 3.96. The molecule has 2 aromatic rings. The number of aromatic nitrogens is 1. The Morgan fingerprint density at radius 1 is 1.36 bits per heavy atom. The number of rotatable bonds is 3. The van der Waals surface area contributed by atoms with Gasteiger partial charge < -0.3 is 4.98 Å². The highest BCUT2D eigenvalue weighted by Crippen LogP contribution is 2.31. The van der Waals surface area contributed by atoms with Crippen molar-refractivity contribution in [3.63, 3.8) is 0 Å². The molecule has 0 unspecified atom stereocenters. The highest BCUT2D eigenvalue weighted by Gasteiger charge is 2.16. The number of H-pyrrole nitrogens is 1. The number of hydrogen-bond acceptors (Lipinski definition) is 3. The van der Waals surface area contributed by atoms with E-state index in [9.17, 15) is 10.1 Å². The lowest BCUT2D eigenvalue weighted by molar-refractivity contribution is -0.384. The van der Waals surface area contributed by atoms with Crippen molar-refractivity contribution in [2.24, 2.45) is 0 Å². The first kappa shape index (κ1) is 16.2. The van der Waals surface area contributed by atoms with Gasteiger partial charge in [0.1, 0.15) is 0 Å². The van der Waals surface area contributed by atoms with Crippen LogP contribution in [0.25, 0.3) is 16.5 Å². The first-order chi connectivity index (χ1) is 10.7. The van der Waals surface area contributed by atoms with Crippen LogP contribution in [0.4, 0.5) is 5.69 Å². The van der Waals surface area contributed by atoms with Crippen molar-refractivity contribution in [1.29, 1.82) is 0 Å². The number of non-ortho nitro benzene ring substituents is 1. The van der Waals surface area contributed by atoms with E-state index in [4.69, 9.17) is 0 Å². The van der Waals surface area contributed by atoms with Crippen molar-refractivity contribution in [3.8, 4) is 0 Å². The van der Waals surface area contributed by atoms with Gasteiger partial charge in [-0.1, -0.05) is 26.8 Å². The van der Waals surface area contributed by atoms with E-state index < -0.39 is 0 Å². The SMILES string of the molecule is CC.CCN1CC=C(c2c[nH]c3ccc([N+](=O)[O-])cc23)CC1. The Morgan fingerprint density at radius 3 is 2.73 bits per heavy atom. The Balaban J connectivity index is 0.000000847. The van der Waals surface area contributed by atoms with Crippen molar-refractivity contribution in [2.75, 3.05) is 19.6 Å². The molecule has 0 bridgehead atoms. The zero-order valence-electron chi connectivity index (χ0n) is 13.4. The number of nitro groups is 1. The molecule has 0 amide bonds. The second kappa shape index (κ2) is 7.22. The van der Waals surface area contributed by atoms with Gasteiger partial charge in [-0.05, 0) is 24.6 Å². The monoisotopic (exact) mass is 301 g/mol. The Morgan fingerprint density at radius 2 is 2.14 bits per heavy atom. The quantitative estimate of drug-likeness (QED) is 0.682. The lowest BCUT2D eigenvalue weighted by Gasteiger charge is -2.24. The minimum Gasteiger partial charge on any atom is -0.361 e. The largest absolute Gasteiger partial charge is 0.361 e. The van der Waals surface area contributed by atoms with Gasteiger partial charge in [0.25, 0.3) is 5.69 Å². The normalized spacial score (nSPS) is 15.1. The molecule has 1 aromatic carbocycles. The fraction of sp³-hybridized carbons (Fsp3) is 0.412. The predicted octanol–water partition coefficient (Wildman–Crippen LogP) is 4.21. The van der Waals surface area contributed by atoms with Gasteiger partial charge in [-0.3, -0.25) is 15.0 Å². The summed E-state index contributed by atoms with van der Waals surface area (Å²) >= 11 is 0. The lowest BCUT2D eigenvalue weighted by Crippen LogP contribution is -2.27. The van der Waals surface area contributed by atoms with E-state index in [0.29, 0.717) is 0 Å². The lowest BCUT2D eigenvalue weighted by atomic mass is 9.99. The van der Waals surface area contributed by atoms with E-state index in [1.165, 1.54) is 11.6 Å². The average molecular weight is 301 g/mol. The van der Waals surface area contributed by atoms with Crippen LogP contribution in [0.2, 0.25) is 0 Å². The van der Waals surface area contributed by atoms with Crippen molar-refractivity contribution in [2.45, 2.75) is 27.2 Å². The standard InChI is InChI=1S/C15H17N3O2.C2H6/c1-2-17-7-5-11(6-8-17)14-10-16-15-4-3-12(18(19)20)9-13(14)15;1-2/h3-5,9-10,16H,2,6-8H2,1H3;1-2H3. The van der Waals surface area contributed by atoms with Crippen molar-refractivity contribution in [3.05, 3.63) is 46.1 Å². The van der Waals surface area contributed by atoms with E-state index in [-0.39, 0.29) is 10.6 Å². The summed E-state index contributed by atoms with van der Waals surface area (Å²) < 4.78 is 0. The summed E-state index contributed by atoms with van der Waals surface area (Å²) in [7, 11) is 0. The molecule has 22 heavy (non-hydrogen) atoms. The maximum Gasteiger partial charge on any atom is 0.270 e. The van der Waals surface area contributed by atoms with Gasteiger partial charge >= 0.3 is 0 Å². The zero-order valence-corrected chi connectivity index (χ0v) is 13.4. The summed E-state index contributed by atoms with van der Waals surface area (Å²) in [6, 6.07) is 4.98. The number of nitro benzene ring substituents is 1. The van der Waals surface area contributed by atoms with E-state index in [1.54, 1.807) is 12.1 Å². The number of nitrogens with zero attached hydrogens (tertiary/aromatic N) is 2. The second-order valence-corrected chi connectivity index (χ2v) is 5.06. The van der Waals surface area contributed by atoms with Gasteiger partial charge in [0.15, 0.2) is 0 Å². The third-order valence-electron chi connectivity index (χ3n) is 3.96. The summed E-state index contributed by atoms with van der Waals surface area (Å²) in [5.74, 6) is 0. The summed E-state index contributed by atoms with van der Waals surface area (Å²) in [6.45, 7) is 9.22. The fourth-order valence-corrected chi connectivity index (χ4v) is 2.73. The number of benzene rings is 1. The molecule has 0 fully saturated rings. The van der Waals surface area contributed by atoms with E-state index in [1.807, 2.05) is 20.0 Å². The molecule has 1 aliphatic rings. The Hall–Kier alpha value is -2.14. The van der Waals surface area contributed by atoms with Gasteiger partial charge in [-0.25, -0.2) is 0 Å². The van der Waals surface area contributed by atoms with Crippen LogP contribution < -0.4 is 0 Å². The molecule has 5 nitrogen and oxygen atoms in total. The van der Waals surface area contributed by atoms with Gasteiger partial charge in [0.2, 0.25) is 0 Å². The molecule has 5 heteroatoms. The van der Waals surface area contributed by atoms with Crippen LogP contribution in [-0.2, 0) is 0 Å². The van der Waals surface area contributed by atoms with Crippen LogP contribution in [0.3, 0.4) is 0 Å². The van der Waals surface area contributed by atoms with Crippen LogP contribution in [0.15, 0.2) is 30.5 Å². The van der Waals surface area contributed by atoms with Crippen LogP contribution in [0.5, 0.6) is 0 Å². The molecule has 1 aromatic heterocycles. The summed E-state index contributed by atoms with van der Waals surface area (Å²) in [5.41, 5.74) is 3.47. The van der Waals surface area contributed by atoms with E-state index in [2.05, 4.69) is 22.9 Å². The molecule has 2 heterocycles. The molecule has 0 atom stereocenters. The van der Waals surface area contributed by atoms with Crippen molar-refractivity contribution in [1.82, 2.24) is 9.88 Å². The highest BCUT2D eigenvalue weighted by molar-refractivity contribution is 5.94. The number of nitrogens with one attached hydrogen (secondary N) is 1. The average Bonchev–Trinajstić information content (AvgIpc) is 3.00. The van der Waals surface area contributed by atoms with Crippen molar-refractivity contribution >= 4 is 22.2 Å². The third kappa shape index (κ3) is 3.20. The summed E-state index contributed by atoms with van der Waals surface area (Å²) in [4.78, 5) is 16.1. The minimum absolute atomic E-state index is 0.143. The molecule has 1 N–H and O–H groups in total. The van der Waals surface area contributed by atoms with Gasteiger partial charge in [-0.2, -0.15) is 0 Å². The van der Waals surface area contributed by atoms with Gasteiger partial charge in [0.05, 0.1) is 4.92 Å². The van der Waals surface area contributed by atoms with Crippen molar-refractivity contribution < 1.29 is 4.92 Å². The fourth-order valence-electron chi connectivity index (χ4n) is 2.73. The molecule has 3 rings (SSSR count). The van der Waals surface area contributed by atoms with Gasteiger partial charge in [-0.15, -0.1) is 0 Å². The van der Waals surface area contributed by atoms with Crippen LogP contribution in [0.1, 0.15) is 32.8 Å². The first-order valence-corrected chi connectivity index (χ1v) is 7.86. The van der Waals surface area contributed by atoms with Crippen LogP contribution >= 0.6 is 0 Å². The predicted molar refractivity (Wildman–Crippen MR) is 91.0 cm³/mol. The molecule has 1 aliphatic heterocycles. The van der Waals surface area contributed by atoms with Gasteiger partial charge in [0, 0.05) is 47.9 Å². The Labute approximate surface area is 130 Å². The first-order valence-electron chi connectivity index (χ1n) is 7.86. The molecular weight excluding hydrogens is 278 g/mol.